The predicted octanol–water partition coefficient (Wildman–Crippen LogP) is 2.95. The van der Waals surface area contributed by atoms with Crippen molar-refractivity contribution in [2.75, 3.05) is 5.32 Å². The highest BCUT2D eigenvalue weighted by Gasteiger charge is 2.28. The molecule has 1 aromatic carbocycles. The number of nitro groups is 1. The minimum atomic E-state index is -0.436. The number of rotatable bonds is 4. The molecule has 0 radical (unpaired) electrons. The van der Waals surface area contributed by atoms with Crippen LogP contribution in [0.5, 0.6) is 0 Å². The van der Waals surface area contributed by atoms with Crippen LogP contribution in [-0.2, 0) is 0 Å². The topological polar surface area (TPSA) is 81.2 Å². The zero-order valence-corrected chi connectivity index (χ0v) is 9.92. The van der Waals surface area contributed by atoms with Gasteiger partial charge in [-0.2, -0.15) is 4.98 Å². The molecule has 0 saturated heterocycles. The minimum absolute atomic E-state index is 0.0255. The lowest BCUT2D eigenvalue weighted by Crippen LogP contribution is -2.17. The van der Waals surface area contributed by atoms with Crippen molar-refractivity contribution in [1.82, 2.24) is 4.98 Å². The van der Waals surface area contributed by atoms with Crippen LogP contribution in [0, 0.1) is 16.0 Å². The van der Waals surface area contributed by atoms with E-state index in [0.717, 1.165) is 0 Å². The molecule has 6 nitrogen and oxygen atoms in total. The average Bonchev–Trinajstić information content (AvgIpc) is 3.09. The van der Waals surface area contributed by atoms with Gasteiger partial charge in [0.2, 0.25) is 0 Å². The van der Waals surface area contributed by atoms with Crippen LogP contribution in [0.25, 0.3) is 11.1 Å². The number of aromatic nitrogens is 1. The fourth-order valence-corrected chi connectivity index (χ4v) is 2.00. The number of hydrogen-bond donors (Lipinski definition) is 1. The summed E-state index contributed by atoms with van der Waals surface area (Å²) in [5.74, 6) is 0.689. The zero-order valence-electron chi connectivity index (χ0n) is 9.92. The second-order valence-electron chi connectivity index (χ2n) is 4.70. The van der Waals surface area contributed by atoms with Gasteiger partial charge in [-0.3, -0.25) is 10.1 Å². The molecule has 2 aromatic rings. The van der Waals surface area contributed by atoms with Gasteiger partial charge in [-0.15, -0.1) is 0 Å². The lowest BCUT2D eigenvalue weighted by molar-refractivity contribution is -0.384. The molecule has 0 spiro atoms. The quantitative estimate of drug-likeness (QED) is 0.663. The molecule has 1 saturated carbocycles. The zero-order chi connectivity index (χ0) is 12.7. The smallest absolute Gasteiger partial charge is 0.295 e. The summed E-state index contributed by atoms with van der Waals surface area (Å²) < 4.78 is 5.51. The van der Waals surface area contributed by atoms with Crippen LogP contribution in [0.15, 0.2) is 22.6 Å². The van der Waals surface area contributed by atoms with E-state index < -0.39 is 4.92 Å². The summed E-state index contributed by atoms with van der Waals surface area (Å²) in [4.78, 5) is 14.4. The highest BCUT2D eigenvalue weighted by Crippen LogP contribution is 2.34. The second-order valence-corrected chi connectivity index (χ2v) is 4.70. The van der Waals surface area contributed by atoms with E-state index in [9.17, 15) is 10.1 Å². The van der Waals surface area contributed by atoms with Crippen LogP contribution in [-0.4, -0.2) is 15.9 Å². The standard InChI is InChI=1S/C12H13N3O3/c1-7(8-2-3-8)13-12-14-10-6-9(15(16)17)4-5-11(10)18-12/h4-8H,2-3H2,1H3,(H,13,14). The molecule has 0 aliphatic heterocycles. The summed E-state index contributed by atoms with van der Waals surface area (Å²) in [5.41, 5.74) is 1.10. The number of oxazole rings is 1. The molecule has 0 amide bonds. The molecule has 1 aliphatic rings. The van der Waals surface area contributed by atoms with Gasteiger partial charge in [0.25, 0.3) is 11.7 Å². The van der Waals surface area contributed by atoms with Crippen molar-refractivity contribution in [2.45, 2.75) is 25.8 Å². The predicted molar refractivity (Wildman–Crippen MR) is 66.5 cm³/mol. The summed E-state index contributed by atoms with van der Waals surface area (Å²) in [6.45, 7) is 2.09. The third kappa shape index (κ3) is 2.01. The molecule has 1 aliphatic carbocycles. The maximum absolute atomic E-state index is 10.7. The Morgan fingerprint density at radius 2 is 2.33 bits per heavy atom. The van der Waals surface area contributed by atoms with E-state index in [-0.39, 0.29) is 5.69 Å². The molecule has 1 N–H and O–H groups in total. The lowest BCUT2D eigenvalue weighted by atomic mass is 10.2. The molecule has 1 atom stereocenters. The fraction of sp³-hybridized carbons (Fsp3) is 0.417. The molecule has 1 heterocycles. The van der Waals surface area contributed by atoms with Gasteiger partial charge in [0.1, 0.15) is 5.52 Å². The lowest BCUT2D eigenvalue weighted by Gasteiger charge is -2.09. The third-order valence-electron chi connectivity index (χ3n) is 3.26. The number of fused-ring (bicyclic) bond motifs is 1. The van der Waals surface area contributed by atoms with E-state index in [4.69, 9.17) is 4.42 Å². The number of non-ortho nitro benzene ring substituents is 1. The molecule has 1 fully saturated rings. The largest absolute Gasteiger partial charge is 0.424 e. The van der Waals surface area contributed by atoms with E-state index in [1.165, 1.54) is 25.0 Å². The van der Waals surface area contributed by atoms with Gasteiger partial charge >= 0.3 is 0 Å². The second kappa shape index (κ2) is 3.97. The number of hydrogen-bond acceptors (Lipinski definition) is 5. The first-order chi connectivity index (χ1) is 8.63. The van der Waals surface area contributed by atoms with Crippen LogP contribution in [0.3, 0.4) is 0 Å². The van der Waals surface area contributed by atoms with Crippen LogP contribution < -0.4 is 5.32 Å². The van der Waals surface area contributed by atoms with Crippen LogP contribution in [0.4, 0.5) is 11.7 Å². The van der Waals surface area contributed by atoms with Crippen LogP contribution in [0.1, 0.15) is 19.8 Å². The summed E-state index contributed by atoms with van der Waals surface area (Å²) in [7, 11) is 0. The summed E-state index contributed by atoms with van der Waals surface area (Å²) in [6, 6.07) is 5.18. The van der Waals surface area contributed by atoms with Gasteiger partial charge in [0.05, 0.1) is 4.92 Å². The molecule has 3 rings (SSSR count). The Kier molecular flexibility index (Phi) is 2.43. The first-order valence-electron chi connectivity index (χ1n) is 5.95. The molecular formula is C12H13N3O3. The number of nitrogens with zero attached hydrogens (tertiary/aromatic N) is 2. The molecule has 0 bridgehead atoms. The Morgan fingerprint density at radius 1 is 1.56 bits per heavy atom. The van der Waals surface area contributed by atoms with E-state index >= 15 is 0 Å². The maximum Gasteiger partial charge on any atom is 0.295 e. The normalized spacial score (nSPS) is 16.7. The van der Waals surface area contributed by atoms with Gasteiger partial charge in [-0.25, -0.2) is 0 Å². The van der Waals surface area contributed by atoms with Crippen molar-refractivity contribution in [3.8, 4) is 0 Å². The molecule has 1 aromatic heterocycles. The van der Waals surface area contributed by atoms with E-state index in [0.29, 0.717) is 29.1 Å². The Hall–Kier alpha value is -2.11. The third-order valence-corrected chi connectivity index (χ3v) is 3.26. The van der Waals surface area contributed by atoms with E-state index in [1.54, 1.807) is 6.07 Å². The van der Waals surface area contributed by atoms with Gasteiger partial charge < -0.3 is 9.73 Å². The van der Waals surface area contributed by atoms with Crippen molar-refractivity contribution in [1.29, 1.82) is 0 Å². The monoisotopic (exact) mass is 247 g/mol. The van der Waals surface area contributed by atoms with Gasteiger partial charge in [0.15, 0.2) is 5.58 Å². The Balaban J connectivity index is 1.87. The SMILES string of the molecule is CC(Nc1nc2cc([N+](=O)[O-])ccc2o1)C1CC1. The summed E-state index contributed by atoms with van der Waals surface area (Å²) >= 11 is 0. The highest BCUT2D eigenvalue weighted by molar-refractivity contribution is 5.77. The molecule has 1 unspecified atom stereocenters. The van der Waals surface area contributed by atoms with E-state index in [1.807, 2.05) is 0 Å². The van der Waals surface area contributed by atoms with Crippen molar-refractivity contribution in [3.05, 3.63) is 28.3 Å². The van der Waals surface area contributed by atoms with Crippen molar-refractivity contribution < 1.29 is 9.34 Å². The number of anilines is 1. The summed E-state index contributed by atoms with van der Waals surface area (Å²) in [5, 5.41) is 13.9. The number of benzene rings is 1. The van der Waals surface area contributed by atoms with Crippen molar-refractivity contribution in [3.63, 3.8) is 0 Å². The Labute approximate surface area is 103 Å². The number of nitrogens with one attached hydrogen (secondary N) is 1. The highest BCUT2D eigenvalue weighted by atomic mass is 16.6. The van der Waals surface area contributed by atoms with Gasteiger partial charge in [-0.05, 0) is 31.7 Å². The first-order valence-corrected chi connectivity index (χ1v) is 5.95. The van der Waals surface area contributed by atoms with Gasteiger partial charge in [-0.1, -0.05) is 0 Å². The van der Waals surface area contributed by atoms with Crippen molar-refractivity contribution in [2.24, 2.45) is 5.92 Å². The van der Waals surface area contributed by atoms with Crippen LogP contribution >= 0.6 is 0 Å². The Bertz CT molecular complexity index is 604. The average molecular weight is 247 g/mol. The molecule has 18 heavy (non-hydrogen) atoms. The van der Waals surface area contributed by atoms with E-state index in [2.05, 4.69) is 17.2 Å². The molecular weight excluding hydrogens is 234 g/mol. The Morgan fingerprint density at radius 3 is 3.00 bits per heavy atom. The minimum Gasteiger partial charge on any atom is -0.424 e. The fourth-order valence-electron chi connectivity index (χ4n) is 2.00. The number of nitro benzene ring substituents is 1. The molecule has 6 heteroatoms. The first kappa shape index (κ1) is 11.0. The molecule has 94 valence electrons. The van der Waals surface area contributed by atoms with Gasteiger partial charge in [0, 0.05) is 18.2 Å². The van der Waals surface area contributed by atoms with Crippen LogP contribution in [0.2, 0.25) is 0 Å². The summed E-state index contributed by atoms with van der Waals surface area (Å²) in [6.07, 6.45) is 2.47. The van der Waals surface area contributed by atoms with Crippen molar-refractivity contribution >= 4 is 22.8 Å². The maximum atomic E-state index is 10.7.